The zero-order valence-electron chi connectivity index (χ0n) is 26.4. The maximum Gasteiger partial charge on any atom is 0.272 e. The second kappa shape index (κ2) is 14.2. The molecule has 46 heavy (non-hydrogen) atoms. The predicted molar refractivity (Wildman–Crippen MR) is 177 cm³/mol. The summed E-state index contributed by atoms with van der Waals surface area (Å²) in [6.45, 7) is 6.15. The number of rotatable bonds is 9. The average Bonchev–Trinajstić information content (AvgIpc) is 3.61. The number of nitrogens with zero attached hydrogens (tertiary/aromatic N) is 4. The quantitative estimate of drug-likeness (QED) is 0.369. The van der Waals surface area contributed by atoms with Crippen LogP contribution in [0.3, 0.4) is 0 Å². The van der Waals surface area contributed by atoms with Crippen molar-refractivity contribution in [1.29, 1.82) is 0 Å². The molecule has 1 N–H and O–H groups in total. The summed E-state index contributed by atoms with van der Waals surface area (Å²) in [5, 5.41) is 3.16. The normalized spacial score (nSPS) is 18.5. The Hall–Kier alpha value is -3.96. The van der Waals surface area contributed by atoms with E-state index in [0.717, 1.165) is 45.6 Å². The minimum absolute atomic E-state index is 0.0646. The number of carbonyl (C=O) groups excluding carboxylic acids is 2. The Labute approximate surface area is 271 Å². The molecule has 0 aliphatic carbocycles. The van der Waals surface area contributed by atoms with Crippen molar-refractivity contribution >= 4 is 27.3 Å². The van der Waals surface area contributed by atoms with Crippen molar-refractivity contribution in [3.05, 3.63) is 83.7 Å². The van der Waals surface area contributed by atoms with E-state index in [1.165, 1.54) is 48.7 Å². The van der Waals surface area contributed by atoms with Gasteiger partial charge in [-0.3, -0.25) is 19.5 Å². The lowest BCUT2D eigenvalue weighted by Gasteiger charge is -2.32. The van der Waals surface area contributed by atoms with Gasteiger partial charge in [0.1, 0.15) is 17.5 Å². The largest absolute Gasteiger partial charge is 0.490 e. The molecule has 10 nitrogen and oxygen atoms in total. The number of pyridine rings is 1. The van der Waals surface area contributed by atoms with Crippen molar-refractivity contribution in [3.63, 3.8) is 0 Å². The van der Waals surface area contributed by atoms with Gasteiger partial charge < -0.3 is 19.9 Å². The second-order valence-electron chi connectivity index (χ2n) is 12.7. The Balaban J connectivity index is 0.918. The first-order valence-electron chi connectivity index (χ1n) is 16.3. The number of piperidine rings is 2. The van der Waals surface area contributed by atoms with E-state index in [9.17, 15) is 18.0 Å². The second-order valence-corrected chi connectivity index (χ2v) is 14.7. The van der Waals surface area contributed by atoms with E-state index in [1.54, 1.807) is 29.2 Å². The SMILES string of the molecule is CS(=O)(=O)c1ccc(OC2CCN(C(=O)c3ccc(C(=O)NC4CCN(Cc5ccc(N6CCCC6)cc5)CC4)cn3)CC2)cc1. The van der Waals surface area contributed by atoms with Crippen LogP contribution in [0.25, 0.3) is 0 Å². The number of likely N-dealkylation sites (tertiary alicyclic amines) is 2. The molecule has 6 rings (SSSR count). The lowest BCUT2D eigenvalue weighted by atomic mass is 10.0. The Bertz CT molecular complexity index is 1590. The number of ether oxygens (including phenoxy) is 1. The summed E-state index contributed by atoms with van der Waals surface area (Å²) in [4.78, 5) is 37.3. The fourth-order valence-corrected chi connectivity index (χ4v) is 7.13. The molecule has 0 unspecified atom stereocenters. The summed E-state index contributed by atoms with van der Waals surface area (Å²) in [7, 11) is -3.25. The lowest BCUT2D eigenvalue weighted by Crippen LogP contribution is -2.44. The van der Waals surface area contributed by atoms with Gasteiger partial charge in [-0.2, -0.15) is 0 Å². The summed E-state index contributed by atoms with van der Waals surface area (Å²) >= 11 is 0. The molecule has 11 heteroatoms. The molecule has 3 aliphatic rings. The van der Waals surface area contributed by atoms with Crippen LogP contribution in [0.4, 0.5) is 5.69 Å². The number of carbonyl (C=O) groups is 2. The molecule has 3 saturated heterocycles. The van der Waals surface area contributed by atoms with Crippen molar-refractivity contribution in [2.75, 3.05) is 50.4 Å². The molecular formula is C35H43N5O5S. The van der Waals surface area contributed by atoms with Crippen molar-refractivity contribution in [2.24, 2.45) is 0 Å². The Morgan fingerprint density at radius 2 is 1.52 bits per heavy atom. The van der Waals surface area contributed by atoms with Crippen molar-refractivity contribution < 1.29 is 22.7 Å². The van der Waals surface area contributed by atoms with Gasteiger partial charge in [0.05, 0.1) is 10.5 Å². The highest BCUT2D eigenvalue weighted by Gasteiger charge is 2.26. The predicted octanol–water partition coefficient (Wildman–Crippen LogP) is 4.16. The van der Waals surface area contributed by atoms with Crippen molar-refractivity contribution in [1.82, 2.24) is 20.1 Å². The first-order chi connectivity index (χ1) is 22.2. The highest BCUT2D eigenvalue weighted by molar-refractivity contribution is 7.90. The van der Waals surface area contributed by atoms with Crippen molar-refractivity contribution in [2.45, 2.75) is 62.1 Å². The monoisotopic (exact) mass is 645 g/mol. The van der Waals surface area contributed by atoms with E-state index >= 15 is 0 Å². The smallest absolute Gasteiger partial charge is 0.272 e. The van der Waals surface area contributed by atoms with Crippen LogP contribution in [0.2, 0.25) is 0 Å². The third kappa shape index (κ3) is 8.06. The van der Waals surface area contributed by atoms with Crippen LogP contribution in [0, 0.1) is 0 Å². The van der Waals surface area contributed by atoms with Gasteiger partial charge in [-0.25, -0.2) is 8.42 Å². The molecule has 3 fully saturated rings. The topological polar surface area (TPSA) is 112 Å². The van der Waals surface area contributed by atoms with Crippen LogP contribution in [-0.2, 0) is 16.4 Å². The van der Waals surface area contributed by atoms with E-state index in [-0.39, 0.29) is 28.9 Å². The van der Waals surface area contributed by atoms with E-state index in [2.05, 4.69) is 44.4 Å². The van der Waals surface area contributed by atoms with Gasteiger partial charge in [-0.15, -0.1) is 0 Å². The Morgan fingerprint density at radius 3 is 2.13 bits per heavy atom. The molecular weight excluding hydrogens is 602 g/mol. The molecule has 3 aromatic rings. The highest BCUT2D eigenvalue weighted by atomic mass is 32.2. The maximum absolute atomic E-state index is 13.1. The number of amides is 2. The van der Waals surface area contributed by atoms with E-state index in [0.29, 0.717) is 42.9 Å². The van der Waals surface area contributed by atoms with Gasteiger partial charge >= 0.3 is 0 Å². The molecule has 0 saturated carbocycles. The number of anilines is 1. The summed E-state index contributed by atoms with van der Waals surface area (Å²) in [5.41, 5.74) is 3.40. The highest BCUT2D eigenvalue weighted by Crippen LogP contribution is 2.23. The summed E-state index contributed by atoms with van der Waals surface area (Å²) < 4.78 is 29.4. The van der Waals surface area contributed by atoms with Crippen LogP contribution >= 0.6 is 0 Å². The van der Waals surface area contributed by atoms with Crippen LogP contribution in [0.15, 0.2) is 71.8 Å². The molecule has 244 valence electrons. The van der Waals surface area contributed by atoms with E-state index in [1.807, 2.05) is 0 Å². The number of hydrogen-bond donors (Lipinski definition) is 1. The van der Waals surface area contributed by atoms with Gasteiger partial charge in [-0.1, -0.05) is 12.1 Å². The van der Waals surface area contributed by atoms with Crippen LogP contribution in [-0.4, -0.2) is 92.7 Å². The molecule has 0 radical (unpaired) electrons. The molecule has 4 heterocycles. The lowest BCUT2D eigenvalue weighted by molar-refractivity contribution is 0.0589. The fourth-order valence-electron chi connectivity index (χ4n) is 6.50. The van der Waals surface area contributed by atoms with Gasteiger partial charge in [0.25, 0.3) is 11.8 Å². The molecule has 0 atom stereocenters. The van der Waals surface area contributed by atoms with Crippen LogP contribution in [0.1, 0.15) is 64.9 Å². The fraction of sp³-hybridized carbons (Fsp3) is 0.457. The van der Waals surface area contributed by atoms with Crippen molar-refractivity contribution in [3.8, 4) is 5.75 Å². The van der Waals surface area contributed by atoms with E-state index < -0.39 is 9.84 Å². The zero-order valence-corrected chi connectivity index (χ0v) is 27.3. The minimum Gasteiger partial charge on any atom is -0.490 e. The summed E-state index contributed by atoms with van der Waals surface area (Å²) in [6, 6.07) is 18.8. The van der Waals surface area contributed by atoms with Gasteiger partial charge in [0, 0.05) is 82.8 Å². The zero-order chi connectivity index (χ0) is 32.1. The summed E-state index contributed by atoms with van der Waals surface area (Å²) in [6.07, 6.45) is 8.26. The minimum atomic E-state index is -3.25. The average molecular weight is 646 g/mol. The standard InChI is InChI=1S/C35H43N5O5S/c1-46(43,44)32-11-9-30(10-12-32)45-31-16-22-40(23-17-31)35(42)33-13-6-27(24-36-33)34(41)37-28-14-20-38(21-15-28)25-26-4-7-29(8-5-26)39-18-2-3-19-39/h4-13,24,28,31H,2-3,14-23,25H2,1H3,(H,37,41). The van der Waals surface area contributed by atoms with Gasteiger partial charge in [0.2, 0.25) is 0 Å². The van der Waals surface area contributed by atoms with E-state index in [4.69, 9.17) is 4.74 Å². The molecule has 2 amide bonds. The third-order valence-corrected chi connectivity index (χ3v) is 10.4. The first kappa shape index (κ1) is 32.0. The molecule has 0 spiro atoms. The number of sulfone groups is 1. The maximum atomic E-state index is 13.1. The van der Waals surface area contributed by atoms with Crippen LogP contribution in [0.5, 0.6) is 5.75 Å². The number of benzene rings is 2. The summed E-state index contributed by atoms with van der Waals surface area (Å²) in [5.74, 6) is 0.280. The Morgan fingerprint density at radius 1 is 0.848 bits per heavy atom. The Kier molecular flexibility index (Phi) is 9.89. The number of nitrogens with one attached hydrogen (secondary N) is 1. The van der Waals surface area contributed by atoms with Gasteiger partial charge in [0.15, 0.2) is 9.84 Å². The van der Waals surface area contributed by atoms with Crippen LogP contribution < -0.4 is 15.0 Å². The molecule has 0 bridgehead atoms. The number of hydrogen-bond acceptors (Lipinski definition) is 8. The molecule has 1 aromatic heterocycles. The molecule has 2 aromatic carbocycles. The molecule has 3 aliphatic heterocycles. The first-order valence-corrected chi connectivity index (χ1v) is 18.2. The number of aromatic nitrogens is 1. The van der Waals surface area contributed by atoms with Gasteiger partial charge in [-0.05, 0) is 79.8 Å². The third-order valence-electron chi connectivity index (χ3n) is 9.27.